The first-order chi connectivity index (χ1) is 16.1. The first-order valence-corrected chi connectivity index (χ1v) is 12.7. The fourth-order valence-corrected chi connectivity index (χ4v) is 3.97. The number of ether oxygens (including phenoxy) is 1. The van der Waals surface area contributed by atoms with E-state index in [4.69, 9.17) is 9.84 Å². The molecule has 2 amide bonds. The monoisotopic (exact) mass is 461 g/mol. The topological polar surface area (TPSA) is 83.9 Å². The van der Waals surface area contributed by atoms with Crippen molar-refractivity contribution < 1.29 is 24.2 Å². The Morgan fingerprint density at radius 3 is 1.55 bits per heavy atom. The number of benzene rings is 1. The van der Waals surface area contributed by atoms with Gasteiger partial charge in [-0.05, 0) is 25.0 Å². The Morgan fingerprint density at radius 2 is 1.12 bits per heavy atom. The highest BCUT2D eigenvalue weighted by Crippen LogP contribution is 2.14. The molecule has 0 aliphatic heterocycles. The van der Waals surface area contributed by atoms with Gasteiger partial charge in [0.2, 0.25) is 0 Å². The molecule has 6 heteroatoms. The van der Waals surface area contributed by atoms with Crippen molar-refractivity contribution in [2.75, 3.05) is 13.7 Å². The van der Waals surface area contributed by atoms with E-state index in [2.05, 4.69) is 0 Å². The normalized spacial score (nSPS) is 10.7. The fraction of sp³-hybridized carbons (Fsp3) is 0.667. The quantitative estimate of drug-likeness (QED) is 0.220. The van der Waals surface area contributed by atoms with Crippen LogP contribution in [0, 0.1) is 0 Å². The molecule has 0 saturated carbocycles. The third kappa shape index (κ3) is 14.4. The number of unbranched alkanes of at least 4 members (excludes halogenated alkanes) is 14. The zero-order valence-corrected chi connectivity index (χ0v) is 20.4. The lowest BCUT2D eigenvalue weighted by atomic mass is 10.0. The molecule has 0 aromatic heterocycles. The van der Waals surface area contributed by atoms with Crippen molar-refractivity contribution in [2.24, 2.45) is 0 Å². The van der Waals surface area contributed by atoms with Crippen molar-refractivity contribution in [1.29, 1.82) is 0 Å². The molecular weight excluding hydrogens is 418 g/mol. The zero-order chi connectivity index (χ0) is 24.2. The number of rotatable bonds is 19. The van der Waals surface area contributed by atoms with Crippen molar-refractivity contribution in [3.05, 3.63) is 35.9 Å². The second kappa shape index (κ2) is 19.1. The standard InChI is InChI=1S/C27H43NO5/c1-33-27(32)28(26(31)24-20-16-15-17-21-24)23-19-14-12-10-8-6-4-2-3-5-7-9-11-13-18-22-25(29)30/h15-17,20-21H,2-14,18-19,22-23H2,1H3,(H,29,30). The molecule has 1 rings (SSSR count). The Kier molecular flexibility index (Phi) is 16.6. The van der Waals surface area contributed by atoms with Gasteiger partial charge in [-0.1, -0.05) is 102 Å². The molecule has 186 valence electrons. The van der Waals surface area contributed by atoms with E-state index in [1.807, 2.05) is 6.07 Å². The molecule has 0 saturated heterocycles. The van der Waals surface area contributed by atoms with E-state index in [1.165, 1.54) is 69.8 Å². The third-order valence-corrected chi connectivity index (χ3v) is 5.93. The van der Waals surface area contributed by atoms with Gasteiger partial charge in [-0.2, -0.15) is 0 Å². The van der Waals surface area contributed by atoms with Gasteiger partial charge in [0.1, 0.15) is 0 Å². The van der Waals surface area contributed by atoms with Crippen molar-refractivity contribution in [3.8, 4) is 0 Å². The number of imide groups is 1. The fourth-order valence-electron chi connectivity index (χ4n) is 3.97. The average molecular weight is 462 g/mol. The summed E-state index contributed by atoms with van der Waals surface area (Å²) in [5.41, 5.74) is 0.499. The number of methoxy groups -OCH3 is 1. The Balaban J connectivity index is 1.97. The van der Waals surface area contributed by atoms with Crippen LogP contribution in [0.4, 0.5) is 4.79 Å². The van der Waals surface area contributed by atoms with Crippen molar-refractivity contribution in [1.82, 2.24) is 4.90 Å². The van der Waals surface area contributed by atoms with Gasteiger partial charge in [-0.3, -0.25) is 9.59 Å². The second-order valence-corrected chi connectivity index (χ2v) is 8.74. The number of carbonyl (C=O) groups excluding carboxylic acids is 2. The average Bonchev–Trinajstić information content (AvgIpc) is 2.83. The molecule has 0 spiro atoms. The number of carboxylic acid groups (broad SMARTS) is 1. The summed E-state index contributed by atoms with van der Waals surface area (Å²) in [6.07, 6.45) is 17.0. The summed E-state index contributed by atoms with van der Waals surface area (Å²) >= 11 is 0. The number of carboxylic acids is 1. The summed E-state index contributed by atoms with van der Waals surface area (Å²) in [5, 5.41) is 8.60. The highest BCUT2D eigenvalue weighted by molar-refractivity contribution is 6.02. The molecule has 0 aliphatic carbocycles. The molecule has 0 aliphatic rings. The summed E-state index contributed by atoms with van der Waals surface area (Å²) in [6.45, 7) is 0.389. The zero-order valence-electron chi connectivity index (χ0n) is 20.4. The minimum absolute atomic E-state index is 0.305. The Labute approximate surface area is 199 Å². The highest BCUT2D eigenvalue weighted by atomic mass is 16.5. The lowest BCUT2D eigenvalue weighted by Crippen LogP contribution is -2.37. The van der Waals surface area contributed by atoms with Crippen molar-refractivity contribution in [2.45, 2.75) is 103 Å². The van der Waals surface area contributed by atoms with Crippen LogP contribution in [0.25, 0.3) is 0 Å². The molecule has 6 nitrogen and oxygen atoms in total. The van der Waals surface area contributed by atoms with Crippen molar-refractivity contribution in [3.63, 3.8) is 0 Å². The number of nitrogens with zero attached hydrogens (tertiary/aromatic N) is 1. The molecule has 1 aromatic rings. The summed E-state index contributed by atoms with van der Waals surface area (Å²) < 4.78 is 4.79. The van der Waals surface area contributed by atoms with Crippen LogP contribution in [-0.4, -0.2) is 41.6 Å². The Morgan fingerprint density at radius 1 is 0.697 bits per heavy atom. The van der Waals surface area contributed by atoms with E-state index in [9.17, 15) is 14.4 Å². The minimum atomic E-state index is -0.685. The summed E-state index contributed by atoms with van der Waals surface area (Å²) in [6, 6.07) is 8.84. The van der Waals surface area contributed by atoms with Crippen LogP contribution in [0.1, 0.15) is 113 Å². The van der Waals surface area contributed by atoms with Gasteiger partial charge < -0.3 is 9.84 Å². The maximum Gasteiger partial charge on any atom is 0.416 e. The first kappa shape index (κ1) is 28.7. The minimum Gasteiger partial charge on any atom is -0.481 e. The molecule has 1 aromatic carbocycles. The van der Waals surface area contributed by atoms with E-state index in [0.29, 0.717) is 18.5 Å². The number of carbonyl (C=O) groups is 3. The van der Waals surface area contributed by atoms with Crippen LogP contribution >= 0.6 is 0 Å². The van der Waals surface area contributed by atoms with Gasteiger partial charge in [-0.15, -0.1) is 0 Å². The number of hydrogen-bond donors (Lipinski definition) is 1. The molecule has 0 radical (unpaired) electrons. The largest absolute Gasteiger partial charge is 0.481 e. The molecular formula is C27H43NO5. The second-order valence-electron chi connectivity index (χ2n) is 8.74. The predicted octanol–water partition coefficient (Wildman–Crippen LogP) is 7.22. The lowest BCUT2D eigenvalue weighted by Gasteiger charge is -2.19. The highest BCUT2D eigenvalue weighted by Gasteiger charge is 2.22. The third-order valence-electron chi connectivity index (χ3n) is 5.93. The van der Waals surface area contributed by atoms with E-state index in [-0.39, 0.29) is 5.91 Å². The maximum atomic E-state index is 12.6. The van der Waals surface area contributed by atoms with Gasteiger partial charge in [-0.25, -0.2) is 9.69 Å². The van der Waals surface area contributed by atoms with Gasteiger partial charge >= 0.3 is 12.1 Å². The molecule has 0 fully saturated rings. The Hall–Kier alpha value is -2.37. The van der Waals surface area contributed by atoms with Crippen LogP contribution in [0.3, 0.4) is 0 Å². The smallest absolute Gasteiger partial charge is 0.416 e. The van der Waals surface area contributed by atoms with Crippen LogP contribution in [-0.2, 0) is 9.53 Å². The van der Waals surface area contributed by atoms with Gasteiger partial charge in [0.25, 0.3) is 5.91 Å². The summed E-state index contributed by atoms with van der Waals surface area (Å²) in [4.78, 5) is 36.2. The lowest BCUT2D eigenvalue weighted by molar-refractivity contribution is -0.137. The SMILES string of the molecule is COC(=O)N(CCCCCCCCCCCCCCCCCC(=O)O)C(=O)c1ccccc1. The van der Waals surface area contributed by atoms with Crippen molar-refractivity contribution >= 4 is 18.0 Å². The molecule has 1 N–H and O–H groups in total. The number of amides is 2. The maximum absolute atomic E-state index is 12.6. The number of hydrogen-bond acceptors (Lipinski definition) is 4. The van der Waals surface area contributed by atoms with E-state index in [0.717, 1.165) is 38.5 Å². The molecule has 0 unspecified atom stereocenters. The predicted molar refractivity (Wildman–Crippen MR) is 131 cm³/mol. The summed E-state index contributed by atoms with van der Waals surface area (Å²) in [5.74, 6) is -0.990. The van der Waals surface area contributed by atoms with Gasteiger partial charge in [0.05, 0.1) is 7.11 Å². The molecule has 0 atom stereocenters. The van der Waals surface area contributed by atoms with E-state index < -0.39 is 12.1 Å². The van der Waals surface area contributed by atoms with E-state index >= 15 is 0 Å². The Bertz CT molecular complexity index is 662. The molecule has 0 heterocycles. The van der Waals surface area contributed by atoms with Crippen LogP contribution in [0.5, 0.6) is 0 Å². The van der Waals surface area contributed by atoms with Crippen LogP contribution in [0.15, 0.2) is 30.3 Å². The van der Waals surface area contributed by atoms with E-state index in [1.54, 1.807) is 24.3 Å². The van der Waals surface area contributed by atoms with Crippen LogP contribution < -0.4 is 0 Å². The van der Waals surface area contributed by atoms with Crippen LogP contribution in [0.2, 0.25) is 0 Å². The van der Waals surface area contributed by atoms with Gasteiger partial charge in [0, 0.05) is 18.5 Å². The summed E-state index contributed by atoms with van der Waals surface area (Å²) in [7, 11) is 1.30. The molecule has 33 heavy (non-hydrogen) atoms. The first-order valence-electron chi connectivity index (χ1n) is 12.7. The van der Waals surface area contributed by atoms with Gasteiger partial charge in [0.15, 0.2) is 0 Å². The number of aliphatic carboxylic acids is 1. The molecule has 0 bridgehead atoms.